The van der Waals surface area contributed by atoms with Crippen LogP contribution in [0.2, 0.25) is 0 Å². The van der Waals surface area contributed by atoms with Crippen LogP contribution < -0.4 is 10.6 Å². The van der Waals surface area contributed by atoms with Gasteiger partial charge in [0.05, 0.1) is 22.6 Å². The van der Waals surface area contributed by atoms with E-state index in [-0.39, 0.29) is 11.4 Å². The molecule has 2 aromatic heterocycles. The minimum Gasteiger partial charge on any atom is -0.368 e. The molecule has 1 aliphatic carbocycles. The fourth-order valence-corrected chi connectivity index (χ4v) is 5.38. The van der Waals surface area contributed by atoms with Crippen LogP contribution in [0.4, 0.5) is 18.9 Å². The van der Waals surface area contributed by atoms with Gasteiger partial charge >= 0.3 is 11.9 Å². The molecule has 2 aliphatic rings. The van der Waals surface area contributed by atoms with Crippen molar-refractivity contribution >= 4 is 11.8 Å². The lowest BCUT2D eigenvalue weighted by Gasteiger charge is -2.35. The largest absolute Gasteiger partial charge is 0.418 e. The minimum atomic E-state index is -4.58. The van der Waals surface area contributed by atoms with Gasteiger partial charge in [0, 0.05) is 51.3 Å². The predicted molar refractivity (Wildman–Crippen MR) is 147 cm³/mol. The first kappa shape index (κ1) is 25.2. The van der Waals surface area contributed by atoms with Crippen LogP contribution in [-0.4, -0.2) is 52.2 Å². The SMILES string of the molecule is CN1CCN(c2ccc(-n3c(-c4cc(-c5ccc6c(c5)C=CC6)ccn4)cn(C)c3=O)cc2C(F)(F)F)CC1. The molecule has 0 atom stereocenters. The second-order valence-electron chi connectivity index (χ2n) is 10.2. The molecule has 0 radical (unpaired) electrons. The molecule has 4 aromatic rings. The van der Waals surface area contributed by atoms with E-state index in [1.807, 2.05) is 19.2 Å². The maximum absolute atomic E-state index is 14.3. The summed E-state index contributed by atoms with van der Waals surface area (Å²) < 4.78 is 45.6. The van der Waals surface area contributed by atoms with Gasteiger partial charge in [-0.25, -0.2) is 4.79 Å². The van der Waals surface area contributed by atoms with Gasteiger partial charge in [-0.05, 0) is 72.1 Å². The van der Waals surface area contributed by atoms with E-state index in [0.717, 1.165) is 23.6 Å². The second kappa shape index (κ2) is 9.57. The van der Waals surface area contributed by atoms with E-state index in [1.165, 1.54) is 26.3 Å². The number of aryl methyl sites for hydroxylation is 1. The number of nitrogens with zero attached hydrogens (tertiary/aromatic N) is 5. The Kier molecular flexibility index (Phi) is 6.18. The maximum Gasteiger partial charge on any atom is 0.418 e. The van der Waals surface area contributed by atoms with Crippen LogP contribution in [0.15, 0.2) is 71.8 Å². The Morgan fingerprint density at radius 3 is 2.44 bits per heavy atom. The Labute approximate surface area is 224 Å². The summed E-state index contributed by atoms with van der Waals surface area (Å²) in [4.78, 5) is 21.6. The van der Waals surface area contributed by atoms with E-state index in [9.17, 15) is 18.0 Å². The fourth-order valence-electron chi connectivity index (χ4n) is 5.38. The number of anilines is 1. The average Bonchev–Trinajstić information content (AvgIpc) is 3.52. The molecular formula is C30H28F3N5O. The van der Waals surface area contributed by atoms with Crippen LogP contribution in [0.1, 0.15) is 16.7 Å². The van der Waals surface area contributed by atoms with Crippen molar-refractivity contribution in [1.82, 2.24) is 19.0 Å². The first-order valence-corrected chi connectivity index (χ1v) is 12.9. The van der Waals surface area contributed by atoms with Gasteiger partial charge < -0.3 is 14.4 Å². The molecule has 9 heteroatoms. The van der Waals surface area contributed by atoms with Gasteiger partial charge in [0.15, 0.2) is 0 Å². The summed E-state index contributed by atoms with van der Waals surface area (Å²) in [5, 5.41) is 0. The summed E-state index contributed by atoms with van der Waals surface area (Å²) in [6, 6.07) is 14.2. The summed E-state index contributed by atoms with van der Waals surface area (Å²) in [6.45, 7) is 2.38. The number of imidazole rings is 1. The highest BCUT2D eigenvalue weighted by Crippen LogP contribution is 2.39. The van der Waals surface area contributed by atoms with Gasteiger partial charge in [-0.1, -0.05) is 24.3 Å². The van der Waals surface area contributed by atoms with E-state index in [2.05, 4.69) is 40.2 Å². The van der Waals surface area contributed by atoms with Gasteiger partial charge in [-0.3, -0.25) is 9.55 Å². The first-order valence-electron chi connectivity index (χ1n) is 12.9. The molecule has 0 amide bonds. The highest BCUT2D eigenvalue weighted by molar-refractivity contribution is 5.74. The van der Waals surface area contributed by atoms with Crippen LogP contribution in [0, 0.1) is 0 Å². The first-order chi connectivity index (χ1) is 18.7. The summed E-state index contributed by atoms with van der Waals surface area (Å²) in [5.74, 6) is 0. The van der Waals surface area contributed by atoms with Crippen molar-refractivity contribution in [1.29, 1.82) is 0 Å². The number of aromatic nitrogens is 3. The van der Waals surface area contributed by atoms with Gasteiger partial charge in [0.2, 0.25) is 0 Å². The molecule has 6 nitrogen and oxygen atoms in total. The Morgan fingerprint density at radius 1 is 0.897 bits per heavy atom. The minimum absolute atomic E-state index is 0.135. The van der Waals surface area contributed by atoms with Crippen molar-refractivity contribution in [2.45, 2.75) is 12.6 Å². The van der Waals surface area contributed by atoms with Crippen LogP contribution in [0.5, 0.6) is 0 Å². The molecule has 39 heavy (non-hydrogen) atoms. The molecule has 6 rings (SSSR count). The van der Waals surface area contributed by atoms with Crippen molar-refractivity contribution in [3.63, 3.8) is 0 Å². The molecule has 200 valence electrons. The quantitative estimate of drug-likeness (QED) is 0.361. The van der Waals surface area contributed by atoms with Crippen molar-refractivity contribution in [3.8, 4) is 28.2 Å². The van der Waals surface area contributed by atoms with E-state index < -0.39 is 17.4 Å². The smallest absolute Gasteiger partial charge is 0.368 e. The average molecular weight is 532 g/mol. The van der Waals surface area contributed by atoms with Crippen LogP contribution in [-0.2, 0) is 19.6 Å². The zero-order valence-corrected chi connectivity index (χ0v) is 21.7. The molecule has 0 N–H and O–H groups in total. The number of fused-ring (bicyclic) bond motifs is 1. The van der Waals surface area contributed by atoms with E-state index in [1.54, 1.807) is 30.4 Å². The molecule has 0 bridgehead atoms. The number of likely N-dealkylation sites (N-methyl/N-ethyl adjacent to an activating group) is 1. The van der Waals surface area contributed by atoms with Gasteiger partial charge in [-0.2, -0.15) is 13.2 Å². The number of hydrogen-bond donors (Lipinski definition) is 0. The van der Waals surface area contributed by atoms with Gasteiger partial charge in [-0.15, -0.1) is 0 Å². The predicted octanol–water partition coefficient (Wildman–Crippen LogP) is 5.24. The maximum atomic E-state index is 14.3. The van der Waals surface area contributed by atoms with Crippen LogP contribution in [0.3, 0.4) is 0 Å². The lowest BCUT2D eigenvalue weighted by molar-refractivity contribution is -0.137. The van der Waals surface area contributed by atoms with Crippen molar-refractivity contribution in [2.24, 2.45) is 7.05 Å². The second-order valence-corrected chi connectivity index (χ2v) is 10.2. The molecule has 0 spiro atoms. The zero-order chi connectivity index (χ0) is 27.3. The molecule has 2 aromatic carbocycles. The van der Waals surface area contributed by atoms with Gasteiger partial charge in [0.25, 0.3) is 0 Å². The number of alkyl halides is 3. The van der Waals surface area contributed by atoms with Crippen LogP contribution in [0.25, 0.3) is 34.3 Å². The highest BCUT2D eigenvalue weighted by atomic mass is 19.4. The fraction of sp³-hybridized carbons (Fsp3) is 0.267. The third-order valence-electron chi connectivity index (χ3n) is 7.57. The Hall–Kier alpha value is -4.11. The van der Waals surface area contributed by atoms with Gasteiger partial charge in [0.1, 0.15) is 0 Å². The zero-order valence-electron chi connectivity index (χ0n) is 21.7. The summed E-state index contributed by atoms with van der Waals surface area (Å²) in [5.41, 5.74) is 4.36. The van der Waals surface area contributed by atoms with E-state index in [4.69, 9.17) is 0 Å². The number of benzene rings is 2. The molecule has 1 saturated heterocycles. The number of allylic oxidation sites excluding steroid dienone is 1. The highest BCUT2D eigenvalue weighted by Gasteiger charge is 2.36. The molecule has 1 aliphatic heterocycles. The summed E-state index contributed by atoms with van der Waals surface area (Å²) in [6.07, 6.45) is 3.84. The molecule has 3 heterocycles. The molecular weight excluding hydrogens is 503 g/mol. The summed E-state index contributed by atoms with van der Waals surface area (Å²) in [7, 11) is 3.54. The lowest BCUT2D eigenvalue weighted by Crippen LogP contribution is -2.45. The number of halogens is 3. The van der Waals surface area contributed by atoms with Crippen LogP contribution >= 0.6 is 0 Å². The molecule has 0 saturated carbocycles. The Morgan fingerprint density at radius 2 is 1.67 bits per heavy atom. The van der Waals surface area contributed by atoms with E-state index in [0.29, 0.717) is 37.6 Å². The lowest BCUT2D eigenvalue weighted by atomic mass is 10.0. The topological polar surface area (TPSA) is 46.3 Å². The third-order valence-corrected chi connectivity index (χ3v) is 7.57. The third kappa shape index (κ3) is 4.67. The van der Waals surface area contributed by atoms with Crippen molar-refractivity contribution in [2.75, 3.05) is 38.1 Å². The standard InChI is InChI=1S/C30H28F3N5O/c1-35-12-14-37(15-13-35)27-9-8-24(18-25(27)30(31,32)33)38-28(19-36(2)29(38)39)26-17-23(10-11-34-26)22-7-6-20-4-3-5-21(20)16-22/h3,5-11,16-19H,4,12-15H2,1-2H3. The number of hydrogen-bond acceptors (Lipinski definition) is 4. The summed E-state index contributed by atoms with van der Waals surface area (Å²) >= 11 is 0. The molecule has 0 unspecified atom stereocenters. The van der Waals surface area contributed by atoms with Crippen molar-refractivity contribution in [3.05, 3.63) is 94.2 Å². The van der Waals surface area contributed by atoms with E-state index >= 15 is 0 Å². The number of rotatable bonds is 4. The number of pyridine rings is 1. The normalized spacial score (nSPS) is 15.7. The monoisotopic (exact) mass is 531 g/mol. The number of piperazine rings is 1. The Balaban J connectivity index is 1.44. The molecule has 1 fully saturated rings. The van der Waals surface area contributed by atoms with Crippen molar-refractivity contribution < 1.29 is 13.2 Å². The Bertz CT molecular complexity index is 1640.